The van der Waals surface area contributed by atoms with Gasteiger partial charge in [-0.2, -0.15) is 0 Å². The summed E-state index contributed by atoms with van der Waals surface area (Å²) in [6, 6.07) is 4.76. The number of ether oxygens (including phenoxy) is 2. The summed E-state index contributed by atoms with van der Waals surface area (Å²) in [6.07, 6.45) is 0.921. The topological polar surface area (TPSA) is 90.7 Å². The van der Waals surface area contributed by atoms with Crippen molar-refractivity contribution in [1.29, 1.82) is 0 Å². The molecule has 20 heavy (non-hydrogen) atoms. The van der Waals surface area contributed by atoms with Crippen LogP contribution < -0.4 is 15.8 Å². The fourth-order valence-electron chi connectivity index (χ4n) is 1.58. The summed E-state index contributed by atoms with van der Waals surface area (Å²) in [4.78, 5) is 22.8. The van der Waals surface area contributed by atoms with Crippen LogP contribution in [0.25, 0.3) is 0 Å². The summed E-state index contributed by atoms with van der Waals surface area (Å²) in [6.45, 7) is 2.35. The molecule has 6 nitrogen and oxygen atoms in total. The molecular formula is C14H20N2O4. The Labute approximate surface area is 118 Å². The van der Waals surface area contributed by atoms with E-state index in [1.807, 2.05) is 0 Å². The third-order valence-corrected chi connectivity index (χ3v) is 2.59. The van der Waals surface area contributed by atoms with Crippen LogP contribution in [0.15, 0.2) is 18.2 Å². The van der Waals surface area contributed by atoms with E-state index in [4.69, 9.17) is 15.2 Å². The van der Waals surface area contributed by atoms with Crippen LogP contribution in [0.5, 0.6) is 5.75 Å². The van der Waals surface area contributed by atoms with E-state index in [1.165, 1.54) is 0 Å². The van der Waals surface area contributed by atoms with Crippen LogP contribution in [0.4, 0.5) is 5.69 Å². The molecule has 1 aromatic rings. The van der Waals surface area contributed by atoms with Gasteiger partial charge in [-0.15, -0.1) is 0 Å². The molecule has 6 heteroatoms. The number of carbonyl (C=O) groups is 2. The van der Waals surface area contributed by atoms with Crippen molar-refractivity contribution in [2.75, 3.05) is 26.0 Å². The molecule has 0 bridgehead atoms. The highest BCUT2D eigenvalue weighted by Gasteiger charge is 2.14. The third kappa shape index (κ3) is 4.79. The van der Waals surface area contributed by atoms with Gasteiger partial charge in [0.25, 0.3) is 0 Å². The van der Waals surface area contributed by atoms with Crippen molar-refractivity contribution < 1.29 is 19.1 Å². The molecule has 0 aliphatic heterocycles. The number of nitrogens with two attached hydrogens (primary N) is 1. The summed E-state index contributed by atoms with van der Waals surface area (Å²) in [5.41, 5.74) is 6.51. The first-order valence-electron chi connectivity index (χ1n) is 6.48. The quantitative estimate of drug-likeness (QED) is 0.447. The first-order chi connectivity index (χ1) is 9.58. The molecule has 0 aliphatic rings. The molecule has 0 aromatic heterocycles. The van der Waals surface area contributed by atoms with E-state index in [1.54, 1.807) is 32.2 Å². The molecule has 0 spiro atoms. The van der Waals surface area contributed by atoms with Crippen molar-refractivity contribution in [3.63, 3.8) is 0 Å². The Morgan fingerprint density at radius 2 is 2.10 bits per heavy atom. The molecule has 3 N–H and O–H groups in total. The fraction of sp³-hybridized carbons (Fsp3) is 0.429. The Hall–Kier alpha value is -2.24. The second-order valence-corrected chi connectivity index (χ2v) is 4.10. The minimum Gasteiger partial charge on any atom is -0.493 e. The van der Waals surface area contributed by atoms with Crippen molar-refractivity contribution in [3.8, 4) is 5.75 Å². The number of carbonyl (C=O) groups excluding carboxylic acids is 2. The van der Waals surface area contributed by atoms with E-state index in [-0.39, 0.29) is 5.91 Å². The summed E-state index contributed by atoms with van der Waals surface area (Å²) < 4.78 is 10.5. The van der Waals surface area contributed by atoms with E-state index in [9.17, 15) is 9.59 Å². The van der Waals surface area contributed by atoms with Gasteiger partial charge in [-0.1, -0.05) is 0 Å². The lowest BCUT2D eigenvalue weighted by Crippen LogP contribution is -2.18. The number of nitrogen functional groups attached to an aromatic ring is 1. The maximum Gasteiger partial charge on any atom is 0.341 e. The molecule has 0 saturated carbocycles. The number of rotatable bonds is 7. The average molecular weight is 280 g/mol. The minimum absolute atomic E-state index is 0.0493. The van der Waals surface area contributed by atoms with Gasteiger partial charge >= 0.3 is 5.97 Å². The lowest BCUT2D eigenvalue weighted by molar-refractivity contribution is -0.120. The maximum atomic E-state index is 11.8. The largest absolute Gasteiger partial charge is 0.493 e. The second-order valence-electron chi connectivity index (χ2n) is 4.10. The Kier molecular flexibility index (Phi) is 6.36. The Balaban J connectivity index is 2.65. The molecule has 0 fully saturated rings. The Bertz CT molecular complexity index is 474. The monoisotopic (exact) mass is 280 g/mol. The van der Waals surface area contributed by atoms with Gasteiger partial charge in [-0.3, -0.25) is 4.79 Å². The summed E-state index contributed by atoms with van der Waals surface area (Å²) in [7, 11) is 1.58. The molecule has 0 unspecified atom stereocenters. The molecule has 0 atom stereocenters. The van der Waals surface area contributed by atoms with Crippen molar-refractivity contribution in [3.05, 3.63) is 23.8 Å². The Morgan fingerprint density at radius 3 is 2.75 bits per heavy atom. The van der Waals surface area contributed by atoms with Crippen LogP contribution in [-0.4, -0.2) is 32.1 Å². The normalized spacial score (nSPS) is 9.90. The summed E-state index contributed by atoms with van der Waals surface area (Å²) >= 11 is 0. The number of esters is 1. The van der Waals surface area contributed by atoms with Crippen molar-refractivity contribution in [2.24, 2.45) is 0 Å². The first kappa shape index (κ1) is 15.8. The minimum atomic E-state index is -0.450. The van der Waals surface area contributed by atoms with Crippen LogP contribution in [0.3, 0.4) is 0 Å². The molecule has 1 rings (SSSR count). The zero-order chi connectivity index (χ0) is 15.0. The second kappa shape index (κ2) is 8.04. The predicted octanol–water partition coefficient (Wildman–Crippen LogP) is 1.35. The average Bonchev–Trinajstić information content (AvgIpc) is 2.43. The smallest absolute Gasteiger partial charge is 0.341 e. The van der Waals surface area contributed by atoms with Crippen molar-refractivity contribution in [2.45, 2.75) is 19.8 Å². The van der Waals surface area contributed by atoms with E-state index in [2.05, 4.69) is 5.32 Å². The zero-order valence-corrected chi connectivity index (χ0v) is 11.8. The fourth-order valence-corrected chi connectivity index (χ4v) is 1.58. The highest BCUT2D eigenvalue weighted by atomic mass is 16.5. The molecule has 1 aromatic carbocycles. The van der Waals surface area contributed by atoms with Crippen LogP contribution in [0.1, 0.15) is 30.1 Å². The third-order valence-electron chi connectivity index (χ3n) is 2.59. The number of nitrogens with one attached hydrogen (secondary N) is 1. The van der Waals surface area contributed by atoms with Gasteiger partial charge in [0.05, 0.1) is 13.2 Å². The highest BCUT2D eigenvalue weighted by Crippen LogP contribution is 2.23. The molecular weight excluding hydrogens is 260 g/mol. The van der Waals surface area contributed by atoms with Gasteiger partial charge in [-0.05, 0) is 25.5 Å². The first-order valence-corrected chi connectivity index (χ1v) is 6.48. The van der Waals surface area contributed by atoms with E-state index < -0.39 is 5.97 Å². The maximum absolute atomic E-state index is 11.8. The number of anilines is 1. The zero-order valence-electron chi connectivity index (χ0n) is 11.8. The number of hydrogen-bond acceptors (Lipinski definition) is 5. The van der Waals surface area contributed by atoms with Gasteiger partial charge in [-0.25, -0.2) is 4.79 Å². The molecule has 0 saturated heterocycles. The van der Waals surface area contributed by atoms with Gasteiger partial charge < -0.3 is 20.5 Å². The number of benzene rings is 1. The van der Waals surface area contributed by atoms with Gasteiger partial charge in [0.2, 0.25) is 5.91 Å². The lowest BCUT2D eigenvalue weighted by atomic mass is 10.2. The van der Waals surface area contributed by atoms with Gasteiger partial charge in [0, 0.05) is 25.2 Å². The van der Waals surface area contributed by atoms with Crippen LogP contribution in [0, 0.1) is 0 Å². The highest BCUT2D eigenvalue weighted by molar-refractivity contribution is 5.93. The van der Waals surface area contributed by atoms with Crippen molar-refractivity contribution >= 4 is 17.6 Å². The SMILES string of the molecule is CCOC(=O)c1ccc(N)cc1OCCCC(=O)NC. The van der Waals surface area contributed by atoms with E-state index in [0.717, 1.165) is 0 Å². The molecule has 110 valence electrons. The predicted molar refractivity (Wildman–Crippen MR) is 75.6 cm³/mol. The van der Waals surface area contributed by atoms with Crippen molar-refractivity contribution in [1.82, 2.24) is 5.32 Å². The van der Waals surface area contributed by atoms with Crippen LogP contribution in [-0.2, 0) is 9.53 Å². The Morgan fingerprint density at radius 1 is 1.35 bits per heavy atom. The molecule has 0 radical (unpaired) electrons. The number of amides is 1. The summed E-state index contributed by atoms with van der Waals surface area (Å²) in [5.74, 6) is -0.124. The van der Waals surface area contributed by atoms with E-state index >= 15 is 0 Å². The van der Waals surface area contributed by atoms with Crippen LogP contribution in [0.2, 0.25) is 0 Å². The van der Waals surface area contributed by atoms with Gasteiger partial charge in [0.15, 0.2) is 0 Å². The summed E-state index contributed by atoms with van der Waals surface area (Å²) in [5, 5.41) is 2.53. The number of hydrogen-bond donors (Lipinski definition) is 2. The van der Waals surface area contributed by atoms with Gasteiger partial charge in [0.1, 0.15) is 11.3 Å². The lowest BCUT2D eigenvalue weighted by Gasteiger charge is -2.11. The molecule has 1 amide bonds. The standard InChI is InChI=1S/C14H20N2O4/c1-3-19-14(18)11-7-6-10(15)9-12(11)20-8-4-5-13(17)16-2/h6-7,9H,3-5,8,15H2,1-2H3,(H,16,17). The van der Waals surface area contributed by atoms with Crippen LogP contribution >= 0.6 is 0 Å². The molecule has 0 aliphatic carbocycles. The van der Waals surface area contributed by atoms with E-state index in [0.29, 0.717) is 43.1 Å². The molecule has 0 heterocycles.